The van der Waals surface area contributed by atoms with E-state index in [4.69, 9.17) is 0 Å². The number of benzene rings is 1. The second-order valence-electron chi connectivity index (χ2n) is 9.58. The molecule has 0 radical (unpaired) electrons. The van der Waals surface area contributed by atoms with Crippen molar-refractivity contribution in [2.24, 2.45) is 0 Å². The summed E-state index contributed by atoms with van der Waals surface area (Å²) in [5, 5.41) is 9.77. The SMILES string of the molecule is CC(C)(C)N(C(=O)O)C1CCC(n2c(=O)c3cc(F)cnc3n(-c3cccc(I)c3)c2=O)CC1. The number of pyridine rings is 1. The van der Waals surface area contributed by atoms with Crippen LogP contribution < -0.4 is 11.2 Å². The molecule has 0 spiro atoms. The number of rotatable bonds is 3. The Morgan fingerprint density at radius 1 is 1.18 bits per heavy atom. The van der Waals surface area contributed by atoms with Crippen LogP contribution in [0.5, 0.6) is 0 Å². The van der Waals surface area contributed by atoms with E-state index in [1.54, 1.807) is 18.2 Å². The van der Waals surface area contributed by atoms with Gasteiger partial charge in [-0.05, 0) is 93.3 Å². The zero-order valence-corrected chi connectivity index (χ0v) is 21.3. The van der Waals surface area contributed by atoms with Gasteiger partial charge in [0.05, 0.1) is 17.3 Å². The highest BCUT2D eigenvalue weighted by Crippen LogP contribution is 2.33. The summed E-state index contributed by atoms with van der Waals surface area (Å²) in [6, 6.07) is 7.70. The molecule has 180 valence electrons. The number of amides is 1. The van der Waals surface area contributed by atoms with E-state index in [0.29, 0.717) is 31.4 Å². The van der Waals surface area contributed by atoms with Gasteiger partial charge in [0.2, 0.25) is 0 Å². The van der Waals surface area contributed by atoms with Crippen LogP contribution in [0.15, 0.2) is 46.1 Å². The minimum absolute atomic E-state index is 0.0300. The van der Waals surface area contributed by atoms with Crippen molar-refractivity contribution in [1.29, 1.82) is 0 Å². The first-order valence-corrected chi connectivity index (χ1v) is 12.2. The van der Waals surface area contributed by atoms with Gasteiger partial charge < -0.3 is 10.0 Å². The maximum Gasteiger partial charge on any atom is 0.407 e. The normalized spacial score (nSPS) is 18.7. The summed E-state index contributed by atoms with van der Waals surface area (Å²) in [6.45, 7) is 5.55. The van der Waals surface area contributed by atoms with Crippen molar-refractivity contribution >= 4 is 39.7 Å². The maximum atomic E-state index is 14.1. The van der Waals surface area contributed by atoms with E-state index in [9.17, 15) is 23.9 Å². The zero-order valence-electron chi connectivity index (χ0n) is 19.2. The van der Waals surface area contributed by atoms with Crippen LogP contribution in [0.1, 0.15) is 52.5 Å². The lowest BCUT2D eigenvalue weighted by Crippen LogP contribution is -2.53. The lowest BCUT2D eigenvalue weighted by atomic mass is 9.88. The third-order valence-corrected chi connectivity index (χ3v) is 6.95. The standard InChI is InChI=1S/C24H26FIN4O4/c1-24(2,3)30(23(33)34)17-9-7-16(8-10-17)29-21(31)19-11-14(25)13-27-20(19)28(22(29)32)18-6-4-5-15(26)12-18/h4-6,11-13,16-17H,7-10H2,1-3H3,(H,33,34). The molecule has 10 heteroatoms. The molecule has 1 aliphatic carbocycles. The van der Waals surface area contributed by atoms with E-state index in [0.717, 1.165) is 15.8 Å². The zero-order chi connectivity index (χ0) is 24.8. The molecule has 1 aliphatic rings. The van der Waals surface area contributed by atoms with Crippen molar-refractivity contribution in [2.45, 2.75) is 64.1 Å². The van der Waals surface area contributed by atoms with Crippen LogP contribution in [-0.4, -0.2) is 41.8 Å². The predicted octanol–water partition coefficient (Wildman–Crippen LogP) is 4.55. The second-order valence-corrected chi connectivity index (χ2v) is 10.8. The molecule has 0 saturated heterocycles. The molecule has 1 amide bonds. The Bertz CT molecular complexity index is 1370. The highest BCUT2D eigenvalue weighted by atomic mass is 127. The average Bonchev–Trinajstić information content (AvgIpc) is 2.74. The minimum atomic E-state index is -0.985. The maximum absolute atomic E-state index is 14.1. The lowest BCUT2D eigenvalue weighted by molar-refractivity contribution is 0.0506. The number of nitrogens with zero attached hydrogens (tertiary/aromatic N) is 4. The van der Waals surface area contributed by atoms with Gasteiger partial charge in [-0.1, -0.05) is 6.07 Å². The summed E-state index contributed by atoms with van der Waals surface area (Å²) in [7, 11) is 0. The minimum Gasteiger partial charge on any atom is -0.465 e. The third-order valence-electron chi connectivity index (χ3n) is 6.28. The van der Waals surface area contributed by atoms with Gasteiger partial charge in [0.1, 0.15) is 5.82 Å². The Balaban J connectivity index is 1.81. The Kier molecular flexibility index (Phi) is 6.54. The molecule has 2 aromatic heterocycles. The van der Waals surface area contributed by atoms with Crippen molar-refractivity contribution in [2.75, 3.05) is 0 Å². The van der Waals surface area contributed by atoms with Crippen molar-refractivity contribution in [3.8, 4) is 5.69 Å². The average molecular weight is 580 g/mol. The van der Waals surface area contributed by atoms with E-state index in [-0.39, 0.29) is 17.1 Å². The van der Waals surface area contributed by atoms with Crippen LogP contribution >= 0.6 is 22.6 Å². The first-order valence-electron chi connectivity index (χ1n) is 11.1. The molecule has 0 atom stereocenters. The second kappa shape index (κ2) is 9.12. The number of hydrogen-bond acceptors (Lipinski definition) is 4. The molecular weight excluding hydrogens is 554 g/mol. The smallest absolute Gasteiger partial charge is 0.407 e. The summed E-state index contributed by atoms with van der Waals surface area (Å²) in [5.74, 6) is -0.657. The molecule has 1 aromatic carbocycles. The van der Waals surface area contributed by atoms with E-state index in [2.05, 4.69) is 27.6 Å². The van der Waals surface area contributed by atoms with E-state index in [1.165, 1.54) is 14.0 Å². The number of carbonyl (C=O) groups is 1. The molecule has 8 nitrogen and oxygen atoms in total. The summed E-state index contributed by atoms with van der Waals surface area (Å²) in [4.78, 5) is 44.5. The van der Waals surface area contributed by atoms with Crippen LogP contribution in [0.4, 0.5) is 9.18 Å². The largest absolute Gasteiger partial charge is 0.465 e. The quantitative estimate of drug-likeness (QED) is 0.459. The Morgan fingerprint density at radius 3 is 2.44 bits per heavy atom. The fraction of sp³-hybridized carbons (Fsp3) is 0.417. The van der Waals surface area contributed by atoms with Gasteiger partial charge in [0.15, 0.2) is 5.65 Å². The Labute approximate surface area is 209 Å². The van der Waals surface area contributed by atoms with Crippen molar-refractivity contribution in [1.82, 2.24) is 19.0 Å². The monoisotopic (exact) mass is 580 g/mol. The highest BCUT2D eigenvalue weighted by molar-refractivity contribution is 14.1. The predicted molar refractivity (Wildman–Crippen MR) is 135 cm³/mol. The van der Waals surface area contributed by atoms with Crippen molar-refractivity contribution in [3.63, 3.8) is 0 Å². The Hall–Kier alpha value is -2.76. The molecule has 3 aromatic rings. The molecule has 4 rings (SSSR count). The molecular formula is C24H26FIN4O4. The first kappa shape index (κ1) is 24.4. The summed E-state index contributed by atoms with van der Waals surface area (Å²) >= 11 is 2.13. The van der Waals surface area contributed by atoms with Gasteiger partial charge in [-0.25, -0.2) is 23.5 Å². The molecule has 0 aliphatic heterocycles. The topological polar surface area (TPSA) is 97.4 Å². The van der Waals surface area contributed by atoms with Crippen molar-refractivity contribution in [3.05, 3.63) is 66.8 Å². The van der Waals surface area contributed by atoms with Crippen LogP contribution in [0.2, 0.25) is 0 Å². The lowest BCUT2D eigenvalue weighted by Gasteiger charge is -2.42. The van der Waals surface area contributed by atoms with Gasteiger partial charge >= 0.3 is 11.8 Å². The Morgan fingerprint density at radius 2 is 1.85 bits per heavy atom. The highest BCUT2D eigenvalue weighted by Gasteiger charge is 2.36. The van der Waals surface area contributed by atoms with Crippen molar-refractivity contribution < 1.29 is 14.3 Å². The molecule has 0 unspecified atom stereocenters. The fourth-order valence-electron chi connectivity index (χ4n) is 4.92. The van der Waals surface area contributed by atoms with Gasteiger partial charge in [-0.15, -0.1) is 0 Å². The van der Waals surface area contributed by atoms with Gasteiger partial charge in [-0.2, -0.15) is 0 Å². The van der Waals surface area contributed by atoms with Crippen LogP contribution in [0.25, 0.3) is 16.7 Å². The molecule has 1 N–H and O–H groups in total. The molecule has 1 saturated carbocycles. The summed E-state index contributed by atoms with van der Waals surface area (Å²) in [5.41, 5.74) is -1.04. The molecule has 2 heterocycles. The number of carboxylic acid groups (broad SMARTS) is 1. The first-order chi connectivity index (χ1) is 16.0. The van der Waals surface area contributed by atoms with E-state index in [1.807, 2.05) is 26.8 Å². The number of aromatic nitrogens is 3. The van der Waals surface area contributed by atoms with Crippen LogP contribution in [0, 0.1) is 9.39 Å². The molecule has 0 bridgehead atoms. The molecule has 34 heavy (non-hydrogen) atoms. The summed E-state index contributed by atoms with van der Waals surface area (Å²) in [6.07, 6.45) is 1.96. The van der Waals surface area contributed by atoms with E-state index >= 15 is 0 Å². The van der Waals surface area contributed by atoms with Gasteiger partial charge in [0, 0.05) is 21.2 Å². The molecule has 1 fully saturated rings. The number of hydrogen-bond donors (Lipinski definition) is 1. The summed E-state index contributed by atoms with van der Waals surface area (Å²) < 4.78 is 17.5. The number of halogens is 2. The van der Waals surface area contributed by atoms with E-state index < -0.39 is 34.7 Å². The number of fused-ring (bicyclic) bond motifs is 1. The fourth-order valence-corrected chi connectivity index (χ4v) is 5.44. The van der Waals surface area contributed by atoms with Crippen LogP contribution in [0.3, 0.4) is 0 Å². The van der Waals surface area contributed by atoms with Crippen LogP contribution in [-0.2, 0) is 0 Å². The van der Waals surface area contributed by atoms with Gasteiger partial charge in [-0.3, -0.25) is 9.36 Å². The van der Waals surface area contributed by atoms with Gasteiger partial charge in [0.25, 0.3) is 5.56 Å². The third kappa shape index (κ3) is 4.47.